The lowest BCUT2D eigenvalue weighted by molar-refractivity contribution is -0.117. The number of aliphatic hydroxyl groups excluding tert-OH is 1. The number of hydrogen-bond donors (Lipinski definition) is 2. The maximum absolute atomic E-state index is 11.7. The van der Waals surface area contributed by atoms with E-state index in [1.165, 1.54) is 6.08 Å². The minimum absolute atomic E-state index is 0.0698. The van der Waals surface area contributed by atoms with Gasteiger partial charge in [-0.25, -0.2) is 0 Å². The van der Waals surface area contributed by atoms with Gasteiger partial charge in [-0.2, -0.15) is 5.10 Å². The predicted molar refractivity (Wildman–Crippen MR) is 75.6 cm³/mol. The monoisotopic (exact) mass is 265 g/mol. The van der Waals surface area contributed by atoms with Gasteiger partial charge in [0.1, 0.15) is 0 Å². The first kappa shape index (κ1) is 15.4. The summed E-state index contributed by atoms with van der Waals surface area (Å²) < 4.78 is 1.80. The number of nitrogens with one attached hydrogen (secondary N) is 1. The quantitative estimate of drug-likeness (QED) is 0.762. The lowest BCUT2D eigenvalue weighted by atomic mass is 10.1. The van der Waals surface area contributed by atoms with Crippen LogP contribution in [0.15, 0.2) is 6.08 Å². The first-order chi connectivity index (χ1) is 8.95. The average Bonchev–Trinajstić information content (AvgIpc) is 2.59. The number of aryl methyl sites for hydroxylation is 2. The van der Waals surface area contributed by atoms with E-state index in [1.807, 2.05) is 27.8 Å². The Morgan fingerprint density at radius 3 is 2.74 bits per heavy atom. The molecular weight excluding hydrogens is 242 g/mol. The van der Waals surface area contributed by atoms with E-state index < -0.39 is 0 Å². The number of carbonyl (C=O) groups excluding carboxylic acids is 1. The summed E-state index contributed by atoms with van der Waals surface area (Å²) in [6, 6.07) is 0.0698. The zero-order valence-electron chi connectivity index (χ0n) is 12.1. The molecule has 0 aromatic carbocycles. The summed E-state index contributed by atoms with van der Waals surface area (Å²) >= 11 is 0. The second kappa shape index (κ2) is 7.09. The van der Waals surface area contributed by atoms with Crippen molar-refractivity contribution in [2.45, 2.75) is 39.7 Å². The molecule has 0 saturated heterocycles. The van der Waals surface area contributed by atoms with Crippen molar-refractivity contribution < 1.29 is 9.90 Å². The van der Waals surface area contributed by atoms with Gasteiger partial charge in [-0.15, -0.1) is 0 Å². The summed E-state index contributed by atoms with van der Waals surface area (Å²) in [6.07, 6.45) is 4.81. The van der Waals surface area contributed by atoms with Crippen molar-refractivity contribution in [2.75, 3.05) is 6.61 Å². The highest BCUT2D eigenvalue weighted by molar-refractivity contribution is 5.92. The molecule has 1 atom stereocenters. The summed E-state index contributed by atoms with van der Waals surface area (Å²) in [5.74, 6) is -0.118. The molecule has 106 valence electrons. The molecule has 1 unspecified atom stereocenters. The van der Waals surface area contributed by atoms with Crippen LogP contribution in [-0.2, 0) is 11.8 Å². The molecule has 19 heavy (non-hydrogen) atoms. The number of aromatic nitrogens is 2. The van der Waals surface area contributed by atoms with Crippen molar-refractivity contribution in [3.05, 3.63) is 23.0 Å². The third-order valence-electron chi connectivity index (χ3n) is 3.15. The Morgan fingerprint density at radius 2 is 2.21 bits per heavy atom. The van der Waals surface area contributed by atoms with Gasteiger partial charge in [-0.05, 0) is 39.7 Å². The Bertz CT molecular complexity index is 464. The highest BCUT2D eigenvalue weighted by Crippen LogP contribution is 2.13. The fourth-order valence-electron chi connectivity index (χ4n) is 1.95. The van der Waals surface area contributed by atoms with E-state index in [-0.39, 0.29) is 18.6 Å². The summed E-state index contributed by atoms with van der Waals surface area (Å²) in [7, 11) is 1.89. The van der Waals surface area contributed by atoms with Crippen LogP contribution < -0.4 is 5.32 Å². The van der Waals surface area contributed by atoms with Crippen molar-refractivity contribution in [1.29, 1.82) is 0 Å². The predicted octanol–water partition coefficient (Wildman–Crippen LogP) is 1.33. The van der Waals surface area contributed by atoms with Crippen LogP contribution in [0.4, 0.5) is 0 Å². The molecule has 0 aliphatic carbocycles. The molecule has 0 fully saturated rings. The van der Waals surface area contributed by atoms with Crippen LogP contribution in [0, 0.1) is 13.8 Å². The van der Waals surface area contributed by atoms with Gasteiger partial charge >= 0.3 is 0 Å². The highest BCUT2D eigenvalue weighted by Gasteiger charge is 2.07. The van der Waals surface area contributed by atoms with Crippen molar-refractivity contribution in [2.24, 2.45) is 7.05 Å². The number of amides is 1. The van der Waals surface area contributed by atoms with E-state index in [9.17, 15) is 4.79 Å². The lowest BCUT2D eigenvalue weighted by Crippen LogP contribution is -2.31. The SMILES string of the molecule is Cc1nn(C)c(C)c1C=CC(=O)NC(C)CCCO. The normalized spacial score (nSPS) is 12.9. The summed E-state index contributed by atoms with van der Waals surface area (Å²) in [5, 5.41) is 15.9. The Balaban J connectivity index is 2.59. The number of hydrogen-bond acceptors (Lipinski definition) is 3. The third-order valence-corrected chi connectivity index (χ3v) is 3.15. The zero-order chi connectivity index (χ0) is 14.4. The summed E-state index contributed by atoms with van der Waals surface area (Å²) in [5.41, 5.74) is 2.94. The topological polar surface area (TPSA) is 67.2 Å². The standard InChI is InChI=1S/C14H23N3O2/c1-10(6-5-9-18)15-14(19)8-7-13-11(2)16-17(4)12(13)3/h7-8,10,18H,5-6,9H2,1-4H3,(H,15,19). The molecule has 0 radical (unpaired) electrons. The number of carbonyl (C=O) groups is 1. The van der Waals surface area contributed by atoms with Gasteiger partial charge in [-0.3, -0.25) is 9.48 Å². The smallest absolute Gasteiger partial charge is 0.244 e. The third kappa shape index (κ3) is 4.52. The van der Waals surface area contributed by atoms with Crippen LogP contribution in [0.3, 0.4) is 0 Å². The maximum Gasteiger partial charge on any atom is 0.244 e. The van der Waals surface area contributed by atoms with Crippen LogP contribution >= 0.6 is 0 Å². The molecule has 0 bridgehead atoms. The Morgan fingerprint density at radius 1 is 1.53 bits per heavy atom. The molecule has 0 saturated carbocycles. The molecule has 5 nitrogen and oxygen atoms in total. The fourth-order valence-corrected chi connectivity index (χ4v) is 1.95. The fraction of sp³-hybridized carbons (Fsp3) is 0.571. The van der Waals surface area contributed by atoms with Gasteiger partial charge < -0.3 is 10.4 Å². The van der Waals surface area contributed by atoms with E-state index in [0.717, 1.165) is 23.4 Å². The molecule has 1 amide bonds. The van der Waals surface area contributed by atoms with Gasteiger partial charge in [-0.1, -0.05) is 0 Å². The highest BCUT2D eigenvalue weighted by atomic mass is 16.3. The number of rotatable bonds is 6. The largest absolute Gasteiger partial charge is 0.396 e. The van der Waals surface area contributed by atoms with Gasteiger partial charge in [0.25, 0.3) is 0 Å². The average molecular weight is 265 g/mol. The number of nitrogens with zero attached hydrogens (tertiary/aromatic N) is 2. The molecule has 1 aromatic rings. The van der Waals surface area contributed by atoms with Crippen LogP contribution in [0.25, 0.3) is 6.08 Å². The van der Waals surface area contributed by atoms with Crippen molar-refractivity contribution >= 4 is 12.0 Å². The van der Waals surface area contributed by atoms with Crippen LogP contribution in [0.1, 0.15) is 36.7 Å². The Kier molecular flexibility index (Phi) is 5.76. The van der Waals surface area contributed by atoms with Crippen molar-refractivity contribution in [1.82, 2.24) is 15.1 Å². The second-order valence-electron chi connectivity index (χ2n) is 4.82. The molecule has 0 aliphatic rings. The first-order valence-electron chi connectivity index (χ1n) is 6.55. The van der Waals surface area contributed by atoms with Crippen LogP contribution in [0.5, 0.6) is 0 Å². The van der Waals surface area contributed by atoms with E-state index in [4.69, 9.17) is 5.11 Å². The van der Waals surface area contributed by atoms with E-state index in [2.05, 4.69) is 10.4 Å². The minimum atomic E-state index is -0.118. The molecule has 5 heteroatoms. The lowest BCUT2D eigenvalue weighted by Gasteiger charge is -2.10. The van der Waals surface area contributed by atoms with Gasteiger partial charge in [0.2, 0.25) is 5.91 Å². The minimum Gasteiger partial charge on any atom is -0.396 e. The first-order valence-corrected chi connectivity index (χ1v) is 6.55. The molecular formula is C14H23N3O2. The van der Waals surface area contributed by atoms with Crippen LogP contribution in [0.2, 0.25) is 0 Å². The molecule has 1 aromatic heterocycles. The number of aliphatic hydroxyl groups is 1. The van der Waals surface area contributed by atoms with E-state index >= 15 is 0 Å². The van der Waals surface area contributed by atoms with Gasteiger partial charge in [0, 0.05) is 37.0 Å². The molecule has 0 aliphatic heterocycles. The molecule has 0 spiro atoms. The van der Waals surface area contributed by atoms with E-state index in [1.54, 1.807) is 10.8 Å². The second-order valence-corrected chi connectivity index (χ2v) is 4.82. The van der Waals surface area contributed by atoms with Crippen molar-refractivity contribution in [3.63, 3.8) is 0 Å². The molecule has 1 heterocycles. The zero-order valence-corrected chi connectivity index (χ0v) is 12.1. The molecule has 1 rings (SSSR count). The maximum atomic E-state index is 11.7. The van der Waals surface area contributed by atoms with Crippen molar-refractivity contribution in [3.8, 4) is 0 Å². The van der Waals surface area contributed by atoms with E-state index in [0.29, 0.717) is 6.42 Å². The van der Waals surface area contributed by atoms with Crippen LogP contribution in [-0.4, -0.2) is 33.4 Å². The van der Waals surface area contributed by atoms with Gasteiger partial charge in [0.05, 0.1) is 5.69 Å². The summed E-state index contributed by atoms with van der Waals surface area (Å²) in [4.78, 5) is 11.7. The summed E-state index contributed by atoms with van der Waals surface area (Å²) in [6.45, 7) is 5.99. The van der Waals surface area contributed by atoms with Gasteiger partial charge in [0.15, 0.2) is 0 Å². The Hall–Kier alpha value is -1.62. The Labute approximate surface area is 114 Å². The molecule has 2 N–H and O–H groups in total.